The van der Waals surface area contributed by atoms with E-state index in [-0.39, 0.29) is 0 Å². The van der Waals surface area contributed by atoms with Gasteiger partial charge in [0.25, 0.3) is 11.6 Å². The summed E-state index contributed by atoms with van der Waals surface area (Å²) in [6.07, 6.45) is -10.0. The fourth-order valence-corrected chi connectivity index (χ4v) is 6.09. The predicted octanol–water partition coefficient (Wildman–Crippen LogP) is 11.3. The topological polar surface area (TPSA) is 39.1 Å². The quantitative estimate of drug-likeness (QED) is 0.131. The van der Waals surface area contributed by atoms with E-state index in [4.69, 9.17) is 0 Å². The summed E-state index contributed by atoms with van der Waals surface area (Å²) >= 11 is 0. The number of halogens is 6. The molecule has 6 aromatic carbocycles. The van der Waals surface area contributed by atoms with Crippen LogP contribution in [0.25, 0.3) is 60.9 Å². The molecule has 0 amide bonds. The van der Waals surface area contributed by atoms with Crippen LogP contribution in [-0.2, 0) is 0 Å². The summed E-state index contributed by atoms with van der Waals surface area (Å²) in [5.41, 5.74) is 5.78. The van der Waals surface area contributed by atoms with Crippen molar-refractivity contribution >= 4 is 33.4 Å². The third-order valence-electron chi connectivity index (χ3n) is 8.45. The summed E-state index contributed by atoms with van der Waals surface area (Å²) < 4.78 is 80.3. The zero-order chi connectivity index (χ0) is 34.5. The van der Waals surface area contributed by atoms with Crippen molar-refractivity contribution in [2.24, 2.45) is 0 Å². The number of Topliss-reactive ketones (excluding diaryl/α,β-unsaturated/α-hetero) is 2. The lowest BCUT2D eigenvalue weighted by molar-refractivity contribution is -0.0888. The maximum atomic E-state index is 13.0. The summed E-state index contributed by atoms with van der Waals surface area (Å²) in [6.45, 7) is 0. The number of ketones is 2. The Bertz CT molecular complexity index is 2230. The lowest BCUT2D eigenvalue weighted by Gasteiger charge is -2.14. The van der Waals surface area contributed by atoms with Crippen LogP contribution in [0.1, 0.15) is 20.7 Å². The summed E-state index contributed by atoms with van der Waals surface area (Å²) in [5.74, 6) is -3.91. The van der Waals surface area contributed by atoms with Crippen molar-refractivity contribution < 1.29 is 35.9 Å². The van der Waals surface area contributed by atoms with E-state index in [0.29, 0.717) is 22.3 Å². The first-order valence-corrected chi connectivity index (χ1v) is 15.1. The molecule has 49 heavy (non-hydrogen) atoms. The Morgan fingerprint density at radius 2 is 0.735 bits per heavy atom. The zero-order valence-electron chi connectivity index (χ0n) is 25.3. The van der Waals surface area contributed by atoms with Crippen LogP contribution in [0.3, 0.4) is 0 Å². The molecule has 1 aromatic heterocycles. The number of rotatable bonds is 6. The highest BCUT2D eigenvalue weighted by atomic mass is 19.4. The van der Waals surface area contributed by atoms with Gasteiger partial charge in [-0.2, -0.15) is 26.3 Å². The van der Waals surface area contributed by atoms with Crippen molar-refractivity contribution in [3.63, 3.8) is 0 Å². The second-order valence-corrected chi connectivity index (χ2v) is 11.5. The average molecular weight is 664 g/mol. The molecule has 0 unspecified atom stereocenters. The van der Waals surface area contributed by atoms with Crippen LogP contribution in [0.4, 0.5) is 26.3 Å². The van der Waals surface area contributed by atoms with Gasteiger partial charge >= 0.3 is 12.4 Å². The molecule has 0 atom stereocenters. The summed E-state index contributed by atoms with van der Waals surface area (Å²) in [6, 6.07) is 39.6. The van der Waals surface area contributed by atoms with Gasteiger partial charge in [0.1, 0.15) is 0 Å². The summed E-state index contributed by atoms with van der Waals surface area (Å²) in [4.78, 5) is 23.5. The Morgan fingerprint density at radius 3 is 1.08 bits per heavy atom. The Labute approximate surface area is 275 Å². The lowest BCUT2D eigenvalue weighted by Crippen LogP contribution is -2.22. The van der Waals surface area contributed by atoms with Crippen LogP contribution in [0.2, 0.25) is 0 Å². The van der Waals surface area contributed by atoms with Gasteiger partial charge in [0.15, 0.2) is 0 Å². The molecule has 0 N–H and O–H groups in total. The van der Waals surface area contributed by atoms with Gasteiger partial charge < -0.3 is 4.57 Å². The largest absolute Gasteiger partial charge is 0.454 e. The van der Waals surface area contributed by atoms with Gasteiger partial charge in [0, 0.05) is 27.6 Å². The van der Waals surface area contributed by atoms with E-state index in [1.54, 1.807) is 6.07 Å². The van der Waals surface area contributed by atoms with Crippen molar-refractivity contribution in [1.82, 2.24) is 4.57 Å². The molecule has 3 nitrogen and oxygen atoms in total. The summed E-state index contributed by atoms with van der Waals surface area (Å²) in [5, 5.41) is 2.23. The Hall–Kier alpha value is -5.96. The number of benzene rings is 6. The first kappa shape index (κ1) is 31.6. The van der Waals surface area contributed by atoms with E-state index >= 15 is 0 Å². The summed E-state index contributed by atoms with van der Waals surface area (Å²) in [7, 11) is 0. The second kappa shape index (κ2) is 11.9. The number of fused-ring (bicyclic) bond motifs is 3. The van der Waals surface area contributed by atoms with Gasteiger partial charge in [-0.15, -0.1) is 0 Å². The van der Waals surface area contributed by atoms with Crippen molar-refractivity contribution in [2.75, 3.05) is 0 Å². The molecular formula is C40H23F6NO2. The number of carbonyl (C=O) groups is 2. The van der Waals surface area contributed by atoms with Crippen molar-refractivity contribution in [1.29, 1.82) is 0 Å². The maximum Gasteiger partial charge on any atom is 0.454 e. The third-order valence-corrected chi connectivity index (χ3v) is 8.45. The second-order valence-electron chi connectivity index (χ2n) is 11.5. The van der Waals surface area contributed by atoms with Crippen LogP contribution < -0.4 is 0 Å². The Kier molecular flexibility index (Phi) is 7.70. The van der Waals surface area contributed by atoms with E-state index in [0.717, 1.165) is 62.9 Å². The normalized spacial score (nSPS) is 12.0. The minimum absolute atomic E-state index is 0.502. The minimum atomic E-state index is -5.01. The first-order valence-electron chi connectivity index (χ1n) is 15.1. The highest BCUT2D eigenvalue weighted by molar-refractivity contribution is 6.09. The highest BCUT2D eigenvalue weighted by Crippen LogP contribution is 2.36. The van der Waals surface area contributed by atoms with Crippen LogP contribution >= 0.6 is 0 Å². The first-order chi connectivity index (χ1) is 23.4. The van der Waals surface area contributed by atoms with E-state index in [2.05, 4.69) is 28.8 Å². The molecule has 7 rings (SSSR count). The molecule has 0 spiro atoms. The monoisotopic (exact) mass is 663 g/mol. The number of aromatic nitrogens is 1. The lowest BCUT2D eigenvalue weighted by atomic mass is 9.92. The van der Waals surface area contributed by atoms with Crippen molar-refractivity contribution in [3.8, 4) is 39.1 Å². The molecule has 0 radical (unpaired) electrons. The molecular weight excluding hydrogens is 640 g/mol. The standard InChI is InChI=1S/C40H23F6NO2/c41-39(42,43)37(48)27-13-9-24(10-14-27)29-21-30(25-11-15-28(16-12-25)38(49)40(44,45)46)23-31(22-29)26-17-19-32(20-18-26)47-35-7-3-1-5-33(35)34-6-2-4-8-36(34)47/h1-23H. The van der Waals surface area contributed by atoms with E-state index in [1.165, 1.54) is 24.3 Å². The number of hydrogen-bond donors (Lipinski definition) is 0. The van der Waals surface area contributed by atoms with Crippen LogP contribution in [-0.4, -0.2) is 28.5 Å². The molecule has 0 fully saturated rings. The number of alkyl halides is 6. The molecule has 9 heteroatoms. The smallest absolute Gasteiger partial charge is 0.309 e. The molecule has 7 aromatic rings. The van der Waals surface area contributed by atoms with E-state index in [9.17, 15) is 35.9 Å². The highest BCUT2D eigenvalue weighted by Gasteiger charge is 2.40. The SMILES string of the molecule is O=C(c1ccc(-c2cc(-c3ccc(C(=O)C(F)(F)F)cc3)cc(-c3ccc(-n4c5ccccc5c5ccccc54)cc3)c2)cc1)C(F)(F)F. The molecule has 0 saturated carbocycles. The van der Waals surface area contributed by atoms with Gasteiger partial charge in [-0.3, -0.25) is 9.59 Å². The van der Waals surface area contributed by atoms with Gasteiger partial charge in [0.2, 0.25) is 0 Å². The maximum absolute atomic E-state index is 13.0. The molecule has 0 aliphatic heterocycles. The van der Waals surface area contributed by atoms with Crippen molar-refractivity contribution in [3.05, 3.63) is 151 Å². The molecule has 242 valence electrons. The fourth-order valence-electron chi connectivity index (χ4n) is 6.09. The molecule has 0 bridgehead atoms. The molecule has 0 aliphatic carbocycles. The zero-order valence-corrected chi connectivity index (χ0v) is 25.3. The van der Waals surface area contributed by atoms with E-state index < -0.39 is 35.0 Å². The van der Waals surface area contributed by atoms with Crippen LogP contribution in [0.5, 0.6) is 0 Å². The van der Waals surface area contributed by atoms with Crippen molar-refractivity contribution in [2.45, 2.75) is 12.4 Å². The predicted molar refractivity (Wildman–Crippen MR) is 178 cm³/mol. The van der Waals surface area contributed by atoms with Crippen LogP contribution in [0, 0.1) is 0 Å². The fraction of sp³-hybridized carbons (Fsp3) is 0.0500. The van der Waals surface area contributed by atoms with Gasteiger partial charge in [0.05, 0.1) is 11.0 Å². The molecule has 1 heterocycles. The third kappa shape index (κ3) is 5.99. The van der Waals surface area contributed by atoms with Crippen LogP contribution in [0.15, 0.2) is 140 Å². The average Bonchev–Trinajstić information content (AvgIpc) is 3.44. The number of nitrogens with zero attached hydrogens (tertiary/aromatic N) is 1. The number of hydrogen-bond acceptors (Lipinski definition) is 2. The number of para-hydroxylation sites is 2. The number of carbonyl (C=O) groups excluding carboxylic acids is 2. The van der Waals surface area contributed by atoms with E-state index in [1.807, 2.05) is 60.7 Å². The minimum Gasteiger partial charge on any atom is -0.309 e. The van der Waals surface area contributed by atoms with Gasteiger partial charge in [-0.25, -0.2) is 0 Å². The van der Waals surface area contributed by atoms with Gasteiger partial charge in [-0.05, 0) is 75.8 Å². The van der Waals surface area contributed by atoms with Gasteiger partial charge in [-0.1, -0.05) is 97.1 Å². The molecule has 0 saturated heterocycles. The Balaban J connectivity index is 1.32. The molecule has 0 aliphatic rings. The Morgan fingerprint density at radius 1 is 0.408 bits per heavy atom.